The Morgan fingerprint density at radius 2 is 1.20 bits per heavy atom. The van der Waals surface area contributed by atoms with E-state index in [0.29, 0.717) is 4.57 Å². The standard InChI is InChI=1S/C37H36N2O11/c1-23-20-39(36(45)38(31(23)41)21-28(40)50-37(2,3)4)32-30(49-35(44)26-18-12-7-13-19-26)29(48-34(43)25-16-10-6-11-17-25)27(47-32)22-46-33(42)24-14-8-5-9-15-24/h5-20,27,29-30,32H,21-22H2,1-4H3/t27-,29-,30-,32-/m1/s1. The van der Waals surface area contributed by atoms with Crippen LogP contribution in [0.25, 0.3) is 0 Å². The molecule has 13 heteroatoms. The van der Waals surface area contributed by atoms with Crippen molar-refractivity contribution in [3.8, 4) is 0 Å². The van der Waals surface area contributed by atoms with Crippen LogP contribution in [-0.2, 0) is 35.0 Å². The first-order valence-corrected chi connectivity index (χ1v) is 15.8. The molecule has 1 aromatic heterocycles. The summed E-state index contributed by atoms with van der Waals surface area (Å²) in [5, 5.41) is 0. The number of ether oxygens (including phenoxy) is 5. The lowest BCUT2D eigenvalue weighted by Gasteiger charge is -2.25. The maximum atomic E-state index is 13.9. The Balaban J connectivity index is 1.57. The molecule has 2 heterocycles. The molecule has 1 aliphatic rings. The first kappa shape index (κ1) is 35.5. The third-order valence-electron chi connectivity index (χ3n) is 7.53. The molecular weight excluding hydrogens is 648 g/mol. The second-order valence-corrected chi connectivity index (χ2v) is 12.5. The van der Waals surface area contributed by atoms with Crippen molar-refractivity contribution in [1.29, 1.82) is 0 Å². The largest absolute Gasteiger partial charge is 0.459 e. The Kier molecular flexibility index (Phi) is 10.8. The van der Waals surface area contributed by atoms with Gasteiger partial charge in [-0.05, 0) is 64.1 Å². The number of nitrogens with zero attached hydrogens (tertiary/aromatic N) is 2. The minimum atomic E-state index is -1.52. The van der Waals surface area contributed by atoms with E-state index < -0.39 is 78.4 Å². The molecule has 1 aliphatic heterocycles. The Hall–Kier alpha value is -5.82. The van der Waals surface area contributed by atoms with Gasteiger partial charge >= 0.3 is 29.6 Å². The summed E-state index contributed by atoms with van der Waals surface area (Å²) in [6, 6.07) is 24.1. The highest BCUT2D eigenvalue weighted by atomic mass is 16.7. The van der Waals surface area contributed by atoms with Gasteiger partial charge in [0.05, 0.1) is 16.7 Å². The van der Waals surface area contributed by atoms with Gasteiger partial charge in [-0.1, -0.05) is 54.6 Å². The summed E-state index contributed by atoms with van der Waals surface area (Å²) in [6.07, 6.45) is -4.54. The topological polar surface area (TPSA) is 158 Å². The Labute approximate surface area is 286 Å². The maximum absolute atomic E-state index is 13.9. The summed E-state index contributed by atoms with van der Waals surface area (Å²) in [4.78, 5) is 79.6. The molecular formula is C37H36N2O11. The summed E-state index contributed by atoms with van der Waals surface area (Å²) in [6.45, 7) is 5.14. The zero-order valence-electron chi connectivity index (χ0n) is 27.8. The van der Waals surface area contributed by atoms with E-state index in [1.807, 2.05) is 0 Å². The molecule has 50 heavy (non-hydrogen) atoms. The molecule has 4 aromatic rings. The van der Waals surface area contributed by atoms with Crippen LogP contribution in [0.3, 0.4) is 0 Å². The summed E-state index contributed by atoms with van der Waals surface area (Å²) >= 11 is 0. The number of aromatic nitrogens is 2. The molecule has 0 bridgehead atoms. The van der Waals surface area contributed by atoms with E-state index in [2.05, 4.69) is 0 Å². The van der Waals surface area contributed by atoms with Crippen molar-refractivity contribution in [2.24, 2.45) is 0 Å². The second kappa shape index (κ2) is 15.2. The Morgan fingerprint density at radius 1 is 0.720 bits per heavy atom. The summed E-state index contributed by atoms with van der Waals surface area (Å²) in [5.74, 6) is -3.19. The van der Waals surface area contributed by atoms with Crippen molar-refractivity contribution in [3.05, 3.63) is 140 Å². The third-order valence-corrected chi connectivity index (χ3v) is 7.53. The molecule has 5 rings (SSSR count). The molecule has 1 fully saturated rings. The van der Waals surface area contributed by atoms with E-state index in [0.717, 1.165) is 4.57 Å². The van der Waals surface area contributed by atoms with Crippen LogP contribution in [-0.4, -0.2) is 63.5 Å². The second-order valence-electron chi connectivity index (χ2n) is 12.5. The number of hydrogen-bond acceptors (Lipinski definition) is 11. The van der Waals surface area contributed by atoms with Gasteiger partial charge in [0.1, 0.15) is 24.9 Å². The predicted molar refractivity (Wildman–Crippen MR) is 177 cm³/mol. The predicted octanol–water partition coefficient (Wildman–Crippen LogP) is 3.87. The van der Waals surface area contributed by atoms with Crippen molar-refractivity contribution in [2.45, 2.75) is 64.4 Å². The number of hydrogen-bond donors (Lipinski definition) is 0. The Morgan fingerprint density at radius 3 is 1.70 bits per heavy atom. The van der Waals surface area contributed by atoms with Crippen molar-refractivity contribution in [1.82, 2.24) is 9.13 Å². The van der Waals surface area contributed by atoms with Crippen molar-refractivity contribution in [3.63, 3.8) is 0 Å². The highest BCUT2D eigenvalue weighted by molar-refractivity contribution is 5.91. The van der Waals surface area contributed by atoms with Gasteiger partial charge < -0.3 is 23.7 Å². The minimum Gasteiger partial charge on any atom is -0.459 e. The van der Waals surface area contributed by atoms with Crippen LogP contribution in [0.1, 0.15) is 63.6 Å². The molecule has 0 unspecified atom stereocenters. The molecule has 0 aliphatic carbocycles. The SMILES string of the molecule is Cc1cn([C@@H]2O[C@H](COC(=O)c3ccccc3)[C@@H](OC(=O)c3ccccc3)[C@H]2OC(=O)c2ccccc2)c(=O)n(CC(=O)OC(C)(C)C)c1=O. The van der Waals surface area contributed by atoms with E-state index in [1.54, 1.807) is 87.5 Å². The highest BCUT2D eigenvalue weighted by Crippen LogP contribution is 2.35. The Bertz CT molecular complexity index is 1970. The fourth-order valence-corrected chi connectivity index (χ4v) is 5.26. The number of rotatable bonds is 10. The summed E-state index contributed by atoms with van der Waals surface area (Å²) in [5.41, 5.74) is -2.04. The van der Waals surface area contributed by atoms with Gasteiger partial charge in [-0.15, -0.1) is 0 Å². The number of carbonyl (C=O) groups is 4. The van der Waals surface area contributed by atoms with Crippen LogP contribution in [0.4, 0.5) is 0 Å². The minimum absolute atomic E-state index is 0.0432. The quantitative estimate of drug-likeness (QED) is 0.176. The molecule has 0 saturated carbocycles. The van der Waals surface area contributed by atoms with Crippen LogP contribution < -0.4 is 11.2 Å². The lowest BCUT2D eigenvalue weighted by atomic mass is 10.1. The summed E-state index contributed by atoms with van der Waals surface area (Å²) in [7, 11) is 0. The maximum Gasteiger partial charge on any atom is 0.338 e. The third kappa shape index (κ3) is 8.42. The number of esters is 4. The van der Waals surface area contributed by atoms with Gasteiger partial charge in [0, 0.05) is 11.8 Å². The lowest BCUT2D eigenvalue weighted by molar-refractivity contribution is -0.155. The fraction of sp³-hybridized carbons (Fsp3) is 0.297. The molecule has 260 valence electrons. The molecule has 4 atom stereocenters. The zero-order valence-corrected chi connectivity index (χ0v) is 27.8. The molecule has 13 nitrogen and oxygen atoms in total. The first-order valence-electron chi connectivity index (χ1n) is 15.8. The van der Waals surface area contributed by atoms with Crippen molar-refractivity contribution in [2.75, 3.05) is 6.61 Å². The number of benzene rings is 3. The molecule has 0 spiro atoms. The van der Waals surface area contributed by atoms with Crippen molar-refractivity contribution >= 4 is 23.9 Å². The summed E-state index contributed by atoms with van der Waals surface area (Å²) < 4.78 is 30.6. The van der Waals surface area contributed by atoms with Gasteiger partial charge in [0.2, 0.25) is 0 Å². The van der Waals surface area contributed by atoms with Crippen LogP contribution >= 0.6 is 0 Å². The van der Waals surface area contributed by atoms with Gasteiger partial charge in [-0.25, -0.2) is 23.7 Å². The molecule has 1 saturated heterocycles. The smallest absolute Gasteiger partial charge is 0.338 e. The van der Waals surface area contributed by atoms with Crippen molar-refractivity contribution < 1.29 is 42.9 Å². The average molecular weight is 685 g/mol. The van der Waals surface area contributed by atoms with Gasteiger partial charge in [-0.3, -0.25) is 14.2 Å². The first-order chi connectivity index (χ1) is 23.8. The lowest BCUT2D eigenvalue weighted by Crippen LogP contribution is -2.47. The average Bonchev–Trinajstić information content (AvgIpc) is 3.43. The molecule has 3 aromatic carbocycles. The van der Waals surface area contributed by atoms with Crippen LogP contribution in [0, 0.1) is 6.92 Å². The molecule has 0 radical (unpaired) electrons. The van der Waals surface area contributed by atoms with Gasteiger partial charge in [0.25, 0.3) is 5.56 Å². The molecule has 0 amide bonds. The van der Waals surface area contributed by atoms with E-state index >= 15 is 0 Å². The number of aryl methyl sites for hydroxylation is 1. The monoisotopic (exact) mass is 684 g/mol. The normalized spacial score (nSPS) is 18.6. The van der Waals surface area contributed by atoms with E-state index in [4.69, 9.17) is 23.7 Å². The van der Waals surface area contributed by atoms with E-state index in [1.165, 1.54) is 37.4 Å². The van der Waals surface area contributed by atoms with E-state index in [-0.39, 0.29) is 22.3 Å². The van der Waals surface area contributed by atoms with Gasteiger partial charge in [0.15, 0.2) is 18.4 Å². The van der Waals surface area contributed by atoms with Crippen LogP contribution in [0.5, 0.6) is 0 Å². The van der Waals surface area contributed by atoms with Crippen LogP contribution in [0.2, 0.25) is 0 Å². The fourth-order valence-electron chi connectivity index (χ4n) is 5.26. The highest BCUT2D eigenvalue weighted by Gasteiger charge is 2.52. The van der Waals surface area contributed by atoms with E-state index in [9.17, 15) is 28.8 Å². The molecule has 0 N–H and O–H groups in total. The zero-order chi connectivity index (χ0) is 36.0. The van der Waals surface area contributed by atoms with Crippen LogP contribution in [0.15, 0.2) is 107 Å². The van der Waals surface area contributed by atoms with Gasteiger partial charge in [-0.2, -0.15) is 0 Å². The number of carbonyl (C=O) groups excluding carboxylic acids is 4.